The van der Waals surface area contributed by atoms with E-state index in [0.717, 1.165) is 5.56 Å². The predicted octanol–water partition coefficient (Wildman–Crippen LogP) is 1.18. The van der Waals surface area contributed by atoms with Crippen LogP contribution in [-0.2, 0) is 25.8 Å². The molecule has 0 amide bonds. The molecule has 0 aliphatic rings. The Bertz CT molecular complexity index is 520. The molecule has 1 aromatic carbocycles. The molecule has 0 radical (unpaired) electrons. The van der Waals surface area contributed by atoms with Crippen molar-refractivity contribution in [2.24, 2.45) is 0 Å². The van der Waals surface area contributed by atoms with Crippen molar-refractivity contribution in [1.82, 2.24) is 0 Å². The number of nitrogens with two attached hydrogens (primary N) is 1. The number of sulfone groups is 1. The lowest BCUT2D eigenvalue weighted by Crippen LogP contribution is -2.22. The van der Waals surface area contributed by atoms with Gasteiger partial charge >= 0.3 is 5.97 Å². The normalized spacial score (nSPS) is 11.5. The lowest BCUT2D eigenvalue weighted by Gasteiger charge is -2.08. The van der Waals surface area contributed by atoms with Gasteiger partial charge in [0.25, 0.3) is 0 Å². The van der Waals surface area contributed by atoms with E-state index < -0.39 is 21.1 Å². The second-order valence-electron chi connectivity index (χ2n) is 4.55. The van der Waals surface area contributed by atoms with Crippen molar-refractivity contribution in [1.29, 1.82) is 0 Å². The molecule has 2 N–H and O–H groups in total. The Kier molecular flexibility index (Phi) is 5.35. The molecule has 0 aliphatic heterocycles. The molecule has 0 saturated heterocycles. The third-order valence-corrected chi connectivity index (χ3v) is 4.85. The van der Waals surface area contributed by atoms with Gasteiger partial charge < -0.3 is 10.5 Å². The first-order chi connectivity index (χ1) is 8.81. The summed E-state index contributed by atoms with van der Waals surface area (Å²) in [6, 6.07) is 6.88. The first-order valence-corrected chi connectivity index (χ1v) is 7.74. The van der Waals surface area contributed by atoms with Gasteiger partial charge in [-0.1, -0.05) is 12.1 Å². The van der Waals surface area contributed by atoms with Crippen LogP contribution < -0.4 is 5.73 Å². The lowest BCUT2D eigenvalue weighted by atomic mass is 10.1. The fourth-order valence-electron chi connectivity index (χ4n) is 1.36. The summed E-state index contributed by atoms with van der Waals surface area (Å²) in [5, 5.41) is -0.455. The number of esters is 1. The van der Waals surface area contributed by atoms with Gasteiger partial charge in [-0.25, -0.2) is 8.42 Å². The second kappa shape index (κ2) is 6.56. The van der Waals surface area contributed by atoms with Crippen LogP contribution in [0, 0.1) is 0 Å². The van der Waals surface area contributed by atoms with E-state index in [9.17, 15) is 13.2 Å². The van der Waals surface area contributed by atoms with Gasteiger partial charge in [-0.3, -0.25) is 4.79 Å². The molecule has 5 nitrogen and oxygen atoms in total. The van der Waals surface area contributed by atoms with Crippen LogP contribution in [0.4, 0.5) is 5.69 Å². The van der Waals surface area contributed by atoms with Gasteiger partial charge in [0, 0.05) is 5.69 Å². The van der Waals surface area contributed by atoms with Crippen LogP contribution in [0.5, 0.6) is 0 Å². The van der Waals surface area contributed by atoms with Crippen molar-refractivity contribution in [3.8, 4) is 0 Å². The molecule has 0 saturated carbocycles. The summed E-state index contributed by atoms with van der Waals surface area (Å²) >= 11 is 0. The summed E-state index contributed by atoms with van der Waals surface area (Å²) in [4.78, 5) is 11.5. The zero-order valence-corrected chi connectivity index (χ0v) is 11.9. The minimum atomic E-state index is -3.17. The molecule has 0 heterocycles. The van der Waals surface area contributed by atoms with E-state index in [-0.39, 0.29) is 18.8 Å². The van der Waals surface area contributed by atoms with Crippen LogP contribution in [-0.4, -0.2) is 32.0 Å². The largest absolute Gasteiger partial charge is 0.464 e. The molecular weight excluding hydrogens is 266 g/mol. The van der Waals surface area contributed by atoms with Crippen LogP contribution in [0.15, 0.2) is 24.3 Å². The molecular formula is C13H19NO4S. The van der Waals surface area contributed by atoms with Crippen molar-refractivity contribution < 1.29 is 17.9 Å². The topological polar surface area (TPSA) is 86.5 Å². The average Bonchev–Trinajstić information content (AvgIpc) is 2.31. The molecule has 0 unspecified atom stereocenters. The highest BCUT2D eigenvalue weighted by Crippen LogP contribution is 2.07. The van der Waals surface area contributed by atoms with Crippen LogP contribution in [0.25, 0.3) is 0 Å². The van der Waals surface area contributed by atoms with Gasteiger partial charge in [-0.15, -0.1) is 0 Å². The molecule has 1 aromatic rings. The van der Waals surface area contributed by atoms with Crippen molar-refractivity contribution in [2.45, 2.75) is 25.5 Å². The number of nitrogen functional groups attached to an aromatic ring is 1. The van der Waals surface area contributed by atoms with E-state index in [1.807, 2.05) is 0 Å². The second-order valence-corrected chi connectivity index (χ2v) is 7.23. The van der Waals surface area contributed by atoms with Crippen molar-refractivity contribution in [3.63, 3.8) is 0 Å². The summed E-state index contributed by atoms with van der Waals surface area (Å²) in [5.41, 5.74) is 6.94. The number of rotatable bonds is 6. The Morgan fingerprint density at radius 2 is 1.84 bits per heavy atom. The zero-order chi connectivity index (χ0) is 14.5. The summed E-state index contributed by atoms with van der Waals surface area (Å²) in [6.07, 6.45) is 0.113. The fraction of sp³-hybridized carbons (Fsp3) is 0.462. The Morgan fingerprint density at radius 3 is 2.37 bits per heavy atom. The lowest BCUT2D eigenvalue weighted by molar-refractivity contribution is -0.142. The number of hydrogen-bond donors (Lipinski definition) is 1. The van der Waals surface area contributed by atoms with Gasteiger partial charge in [0.15, 0.2) is 9.84 Å². The van der Waals surface area contributed by atoms with Gasteiger partial charge in [0.2, 0.25) is 0 Å². The van der Waals surface area contributed by atoms with E-state index in [0.29, 0.717) is 5.69 Å². The monoisotopic (exact) mass is 285 g/mol. The van der Waals surface area contributed by atoms with E-state index in [1.54, 1.807) is 38.1 Å². The smallest absolute Gasteiger partial charge is 0.310 e. The molecule has 0 aliphatic carbocycles. The standard InChI is InChI=1S/C13H19NO4S/c1-10(2)19(16,17)8-7-18-13(15)9-11-3-5-12(14)6-4-11/h3-6,10H,7-9,14H2,1-2H3. The summed E-state index contributed by atoms with van der Waals surface area (Å²) < 4.78 is 27.9. The maximum Gasteiger partial charge on any atom is 0.310 e. The number of anilines is 1. The SMILES string of the molecule is CC(C)S(=O)(=O)CCOC(=O)Cc1ccc(N)cc1. The third kappa shape index (κ3) is 5.30. The van der Waals surface area contributed by atoms with Crippen LogP contribution in [0.3, 0.4) is 0 Å². The average molecular weight is 285 g/mol. The molecule has 0 spiro atoms. The maximum absolute atomic E-state index is 11.5. The number of carbonyl (C=O) groups excluding carboxylic acids is 1. The summed E-state index contributed by atoms with van der Waals surface area (Å²) in [7, 11) is -3.17. The predicted molar refractivity (Wildman–Crippen MR) is 74.4 cm³/mol. The molecule has 19 heavy (non-hydrogen) atoms. The molecule has 0 atom stereocenters. The quantitative estimate of drug-likeness (QED) is 0.626. The Labute approximate surface area is 113 Å². The highest BCUT2D eigenvalue weighted by Gasteiger charge is 2.16. The first kappa shape index (κ1) is 15.5. The molecule has 0 fully saturated rings. The minimum Gasteiger partial charge on any atom is -0.464 e. The first-order valence-electron chi connectivity index (χ1n) is 6.03. The van der Waals surface area contributed by atoms with Crippen LogP contribution in [0.2, 0.25) is 0 Å². The zero-order valence-electron chi connectivity index (χ0n) is 11.1. The van der Waals surface area contributed by atoms with E-state index >= 15 is 0 Å². The number of carbonyl (C=O) groups is 1. The van der Waals surface area contributed by atoms with E-state index in [2.05, 4.69) is 0 Å². The molecule has 1 rings (SSSR count). The minimum absolute atomic E-state index is 0.103. The Balaban J connectivity index is 2.39. The maximum atomic E-state index is 11.5. The summed E-state index contributed by atoms with van der Waals surface area (Å²) in [6.45, 7) is 3.10. The number of benzene rings is 1. The van der Waals surface area contributed by atoms with Gasteiger partial charge in [0.05, 0.1) is 17.4 Å². The van der Waals surface area contributed by atoms with Crippen molar-refractivity contribution in [2.75, 3.05) is 18.1 Å². The number of ether oxygens (including phenoxy) is 1. The highest BCUT2D eigenvalue weighted by molar-refractivity contribution is 7.91. The molecule has 0 aromatic heterocycles. The van der Waals surface area contributed by atoms with Gasteiger partial charge in [-0.2, -0.15) is 0 Å². The van der Waals surface area contributed by atoms with Gasteiger partial charge in [-0.05, 0) is 31.5 Å². The van der Waals surface area contributed by atoms with Gasteiger partial charge in [0.1, 0.15) is 6.61 Å². The van der Waals surface area contributed by atoms with Crippen molar-refractivity contribution >= 4 is 21.5 Å². The molecule has 6 heteroatoms. The highest BCUT2D eigenvalue weighted by atomic mass is 32.2. The fourth-order valence-corrected chi connectivity index (χ4v) is 2.15. The van der Waals surface area contributed by atoms with Crippen LogP contribution in [0.1, 0.15) is 19.4 Å². The Morgan fingerprint density at radius 1 is 1.26 bits per heavy atom. The molecule has 106 valence electrons. The van der Waals surface area contributed by atoms with Crippen LogP contribution >= 0.6 is 0 Å². The summed E-state index contributed by atoms with van der Waals surface area (Å²) in [5.74, 6) is -0.582. The Hall–Kier alpha value is -1.56. The van der Waals surface area contributed by atoms with E-state index in [1.165, 1.54) is 0 Å². The third-order valence-electron chi connectivity index (χ3n) is 2.68. The van der Waals surface area contributed by atoms with Crippen molar-refractivity contribution in [3.05, 3.63) is 29.8 Å². The van der Waals surface area contributed by atoms with E-state index in [4.69, 9.17) is 10.5 Å². The number of hydrogen-bond acceptors (Lipinski definition) is 5. The molecule has 0 bridgehead atoms.